The van der Waals surface area contributed by atoms with Crippen molar-refractivity contribution >= 4 is 52.5 Å². The van der Waals surface area contributed by atoms with Gasteiger partial charge in [0.2, 0.25) is 0 Å². The number of furan rings is 1. The van der Waals surface area contributed by atoms with E-state index in [1.807, 2.05) is 13.0 Å². The second kappa shape index (κ2) is 8.37. The van der Waals surface area contributed by atoms with E-state index in [9.17, 15) is 9.59 Å². The SMILES string of the molecule is COc1ccc(N2C(=O)/C(=C/c3ccc(-c4cc(Cl)ccc4C)o3)C(=O)NC2=S)cc1. The number of hydrogen-bond acceptors (Lipinski definition) is 5. The Balaban J connectivity index is 1.67. The zero-order chi connectivity index (χ0) is 22.1. The number of amides is 2. The van der Waals surface area contributed by atoms with Gasteiger partial charge < -0.3 is 9.15 Å². The second-order valence-corrected chi connectivity index (χ2v) is 7.64. The molecule has 4 rings (SSSR count). The number of anilines is 1. The van der Waals surface area contributed by atoms with E-state index in [0.29, 0.717) is 28.0 Å². The molecule has 3 aromatic rings. The number of thiocarbonyl (C=S) groups is 1. The molecule has 1 aromatic heterocycles. The fraction of sp³-hybridized carbons (Fsp3) is 0.0870. The predicted molar refractivity (Wildman–Crippen MR) is 123 cm³/mol. The standard InChI is InChI=1S/C23H17ClN2O4S/c1-13-3-4-14(24)11-18(13)20-10-9-17(30-20)12-19-21(27)25-23(31)26(22(19)28)15-5-7-16(29-2)8-6-15/h3-12H,1-2H3,(H,25,27,31)/b19-12+. The number of halogens is 1. The van der Waals surface area contributed by atoms with Crippen molar-refractivity contribution in [2.45, 2.75) is 6.92 Å². The number of hydrogen-bond donors (Lipinski definition) is 1. The highest BCUT2D eigenvalue weighted by Gasteiger charge is 2.34. The third kappa shape index (κ3) is 4.10. The van der Waals surface area contributed by atoms with Gasteiger partial charge in [0.15, 0.2) is 5.11 Å². The van der Waals surface area contributed by atoms with E-state index >= 15 is 0 Å². The number of rotatable bonds is 4. The maximum Gasteiger partial charge on any atom is 0.270 e. The molecule has 1 N–H and O–H groups in total. The third-order valence-corrected chi connectivity index (χ3v) is 5.33. The highest BCUT2D eigenvalue weighted by Crippen LogP contribution is 2.30. The van der Waals surface area contributed by atoms with Crippen LogP contribution in [0.25, 0.3) is 17.4 Å². The minimum atomic E-state index is -0.586. The topological polar surface area (TPSA) is 71.8 Å². The Morgan fingerprint density at radius 1 is 1.10 bits per heavy atom. The Bertz CT molecular complexity index is 1230. The zero-order valence-corrected chi connectivity index (χ0v) is 18.2. The summed E-state index contributed by atoms with van der Waals surface area (Å²) in [5.74, 6) is 0.444. The Labute approximate surface area is 189 Å². The number of benzene rings is 2. The summed E-state index contributed by atoms with van der Waals surface area (Å²) < 4.78 is 11.0. The lowest BCUT2D eigenvalue weighted by molar-refractivity contribution is -0.122. The first kappa shape index (κ1) is 20.8. The van der Waals surface area contributed by atoms with Crippen LogP contribution in [0.3, 0.4) is 0 Å². The van der Waals surface area contributed by atoms with Crippen LogP contribution in [0.5, 0.6) is 5.75 Å². The molecule has 0 unspecified atom stereocenters. The number of aryl methyl sites for hydroxylation is 1. The highest BCUT2D eigenvalue weighted by atomic mass is 35.5. The molecule has 0 bridgehead atoms. The summed E-state index contributed by atoms with van der Waals surface area (Å²) in [4.78, 5) is 26.8. The summed E-state index contributed by atoms with van der Waals surface area (Å²) in [7, 11) is 1.55. The van der Waals surface area contributed by atoms with Crippen LogP contribution in [-0.4, -0.2) is 24.0 Å². The molecule has 2 heterocycles. The van der Waals surface area contributed by atoms with Crippen molar-refractivity contribution in [2.24, 2.45) is 0 Å². The van der Waals surface area contributed by atoms with Gasteiger partial charge in [0, 0.05) is 10.6 Å². The minimum absolute atomic E-state index is 0.00648. The average Bonchev–Trinajstić information content (AvgIpc) is 3.21. The van der Waals surface area contributed by atoms with Crippen molar-refractivity contribution in [1.29, 1.82) is 0 Å². The van der Waals surface area contributed by atoms with Crippen LogP contribution in [0.15, 0.2) is 64.6 Å². The molecule has 1 fully saturated rings. The zero-order valence-electron chi connectivity index (χ0n) is 16.6. The molecule has 1 aliphatic heterocycles. The number of ether oxygens (including phenoxy) is 1. The van der Waals surface area contributed by atoms with Crippen molar-refractivity contribution < 1.29 is 18.7 Å². The molecule has 2 aromatic carbocycles. The van der Waals surface area contributed by atoms with Crippen molar-refractivity contribution in [3.05, 3.63) is 76.5 Å². The smallest absolute Gasteiger partial charge is 0.270 e. The molecular weight excluding hydrogens is 436 g/mol. The number of carbonyl (C=O) groups excluding carboxylic acids is 2. The molecule has 31 heavy (non-hydrogen) atoms. The van der Waals surface area contributed by atoms with E-state index in [0.717, 1.165) is 11.1 Å². The molecule has 0 atom stereocenters. The van der Waals surface area contributed by atoms with Crippen LogP contribution in [0.2, 0.25) is 5.02 Å². The van der Waals surface area contributed by atoms with Crippen molar-refractivity contribution in [3.8, 4) is 17.1 Å². The van der Waals surface area contributed by atoms with Crippen LogP contribution in [-0.2, 0) is 9.59 Å². The Hall–Kier alpha value is -3.42. The molecule has 0 radical (unpaired) electrons. The summed E-state index contributed by atoms with van der Waals surface area (Å²) in [6, 6.07) is 15.7. The number of nitrogens with zero attached hydrogens (tertiary/aromatic N) is 1. The first-order valence-corrected chi connectivity index (χ1v) is 10.1. The van der Waals surface area contributed by atoms with E-state index in [1.165, 1.54) is 11.0 Å². The largest absolute Gasteiger partial charge is 0.497 e. The van der Waals surface area contributed by atoms with Crippen molar-refractivity contribution in [2.75, 3.05) is 12.0 Å². The van der Waals surface area contributed by atoms with E-state index in [-0.39, 0.29) is 10.7 Å². The summed E-state index contributed by atoms with van der Waals surface area (Å²) >= 11 is 11.3. The maximum absolute atomic E-state index is 13.1. The molecular formula is C23H17ClN2O4S. The molecule has 0 saturated carbocycles. The number of carbonyl (C=O) groups is 2. The molecule has 0 aliphatic carbocycles. The highest BCUT2D eigenvalue weighted by molar-refractivity contribution is 7.80. The molecule has 156 valence electrons. The Morgan fingerprint density at radius 2 is 1.84 bits per heavy atom. The van der Waals surface area contributed by atoms with Gasteiger partial charge in [-0.2, -0.15) is 0 Å². The fourth-order valence-electron chi connectivity index (χ4n) is 3.20. The third-order valence-electron chi connectivity index (χ3n) is 4.81. The van der Waals surface area contributed by atoms with Crippen molar-refractivity contribution in [3.63, 3.8) is 0 Å². The van der Waals surface area contributed by atoms with Gasteiger partial charge >= 0.3 is 0 Å². The molecule has 1 saturated heterocycles. The van der Waals surface area contributed by atoms with Crippen molar-refractivity contribution in [1.82, 2.24) is 5.32 Å². The van der Waals surface area contributed by atoms with Gasteiger partial charge in [-0.25, -0.2) is 0 Å². The lowest BCUT2D eigenvalue weighted by Crippen LogP contribution is -2.54. The molecule has 6 nitrogen and oxygen atoms in total. The minimum Gasteiger partial charge on any atom is -0.497 e. The van der Waals surface area contributed by atoms with Gasteiger partial charge in [-0.15, -0.1) is 0 Å². The van der Waals surface area contributed by atoms with E-state index in [2.05, 4.69) is 5.32 Å². The summed E-state index contributed by atoms with van der Waals surface area (Å²) in [5, 5.41) is 3.14. The maximum atomic E-state index is 13.1. The first-order valence-electron chi connectivity index (χ1n) is 9.29. The molecule has 8 heteroatoms. The van der Waals surface area contributed by atoms with Gasteiger partial charge in [-0.1, -0.05) is 17.7 Å². The van der Waals surface area contributed by atoms with E-state index < -0.39 is 11.8 Å². The summed E-state index contributed by atoms with van der Waals surface area (Å²) in [5.41, 5.74) is 2.24. The lowest BCUT2D eigenvalue weighted by atomic mass is 10.1. The predicted octanol–water partition coefficient (Wildman–Crippen LogP) is 4.75. The summed E-state index contributed by atoms with van der Waals surface area (Å²) in [6.07, 6.45) is 1.40. The monoisotopic (exact) mass is 452 g/mol. The molecule has 2 amide bonds. The Morgan fingerprint density at radius 3 is 2.55 bits per heavy atom. The normalized spacial score (nSPS) is 15.4. The van der Waals surface area contributed by atoms with Gasteiger partial charge in [-0.05, 0) is 79.3 Å². The van der Waals surface area contributed by atoms with Crippen LogP contribution in [0, 0.1) is 6.92 Å². The van der Waals surface area contributed by atoms with Gasteiger partial charge in [0.05, 0.1) is 12.8 Å². The van der Waals surface area contributed by atoms with Gasteiger partial charge in [0.25, 0.3) is 11.8 Å². The molecule has 1 aliphatic rings. The molecule has 0 spiro atoms. The van der Waals surface area contributed by atoms with Crippen LogP contribution < -0.4 is 15.0 Å². The quantitative estimate of drug-likeness (QED) is 0.351. The van der Waals surface area contributed by atoms with Crippen LogP contribution in [0.1, 0.15) is 11.3 Å². The van der Waals surface area contributed by atoms with Crippen LogP contribution >= 0.6 is 23.8 Å². The second-order valence-electron chi connectivity index (χ2n) is 6.82. The van der Waals surface area contributed by atoms with Gasteiger partial charge in [-0.3, -0.25) is 19.8 Å². The van der Waals surface area contributed by atoms with Gasteiger partial charge in [0.1, 0.15) is 22.8 Å². The fourth-order valence-corrected chi connectivity index (χ4v) is 3.65. The number of nitrogens with one attached hydrogen (secondary N) is 1. The number of methoxy groups -OCH3 is 1. The lowest BCUT2D eigenvalue weighted by Gasteiger charge is -2.28. The average molecular weight is 453 g/mol. The Kier molecular flexibility index (Phi) is 5.63. The first-order chi connectivity index (χ1) is 14.9. The van der Waals surface area contributed by atoms with E-state index in [1.54, 1.807) is 55.6 Å². The summed E-state index contributed by atoms with van der Waals surface area (Å²) in [6.45, 7) is 1.94. The van der Waals surface area contributed by atoms with Crippen LogP contribution in [0.4, 0.5) is 5.69 Å². The van der Waals surface area contributed by atoms with E-state index in [4.69, 9.17) is 33.0 Å².